The Morgan fingerprint density at radius 3 is 2.57 bits per heavy atom. The lowest BCUT2D eigenvalue weighted by Gasteiger charge is -2.21. The zero-order valence-electron chi connectivity index (χ0n) is 12.9. The molecular formula is C19H19N3O. The molecule has 0 spiro atoms. The first-order chi connectivity index (χ1) is 11.3. The third-order valence-electron chi connectivity index (χ3n) is 4.37. The Hall–Kier alpha value is -2.75. The predicted molar refractivity (Wildman–Crippen MR) is 94.1 cm³/mol. The minimum atomic E-state index is -0.104. The number of nitrogens with zero attached hydrogens (tertiary/aromatic N) is 1. The number of carbonyl (C=O) groups is 1. The van der Waals surface area contributed by atoms with Crippen molar-refractivity contribution < 1.29 is 4.79 Å². The maximum Gasteiger partial charge on any atom is 0.272 e. The number of benzene rings is 2. The molecule has 0 atom stereocenters. The number of H-pyrrole nitrogens is 1. The van der Waals surface area contributed by atoms with E-state index >= 15 is 0 Å². The first-order valence-corrected chi connectivity index (χ1v) is 8.04. The molecule has 0 unspecified atom stereocenters. The van der Waals surface area contributed by atoms with E-state index < -0.39 is 0 Å². The van der Waals surface area contributed by atoms with Crippen LogP contribution in [0.1, 0.15) is 23.3 Å². The second kappa shape index (κ2) is 5.80. The highest BCUT2D eigenvalue weighted by atomic mass is 16.1. The number of anilines is 2. The first-order valence-electron chi connectivity index (χ1n) is 8.04. The van der Waals surface area contributed by atoms with Gasteiger partial charge in [-0.05, 0) is 37.1 Å². The molecule has 2 aromatic carbocycles. The van der Waals surface area contributed by atoms with E-state index in [1.807, 2.05) is 48.5 Å². The van der Waals surface area contributed by atoms with Gasteiger partial charge in [-0.2, -0.15) is 0 Å². The molecular weight excluding hydrogens is 286 g/mol. The van der Waals surface area contributed by atoms with Gasteiger partial charge < -0.3 is 15.2 Å². The van der Waals surface area contributed by atoms with E-state index in [1.165, 1.54) is 12.8 Å². The second-order valence-electron chi connectivity index (χ2n) is 5.94. The molecule has 1 amide bonds. The van der Waals surface area contributed by atoms with E-state index in [9.17, 15) is 4.79 Å². The molecule has 0 radical (unpaired) electrons. The second-order valence-corrected chi connectivity index (χ2v) is 5.94. The van der Waals surface area contributed by atoms with Crippen LogP contribution in [-0.4, -0.2) is 24.0 Å². The Morgan fingerprint density at radius 1 is 1.00 bits per heavy atom. The van der Waals surface area contributed by atoms with Crippen molar-refractivity contribution in [2.24, 2.45) is 0 Å². The van der Waals surface area contributed by atoms with Gasteiger partial charge in [0.15, 0.2) is 0 Å². The van der Waals surface area contributed by atoms with Crippen molar-refractivity contribution in [2.75, 3.05) is 23.3 Å². The molecule has 4 nitrogen and oxygen atoms in total. The Morgan fingerprint density at radius 2 is 1.74 bits per heavy atom. The Balaban J connectivity index is 1.61. The number of hydrogen-bond acceptors (Lipinski definition) is 2. The lowest BCUT2D eigenvalue weighted by molar-refractivity contribution is 0.102. The summed E-state index contributed by atoms with van der Waals surface area (Å²) in [5.74, 6) is -0.104. The van der Waals surface area contributed by atoms with Crippen LogP contribution in [0.4, 0.5) is 11.4 Å². The minimum Gasteiger partial charge on any atom is -0.370 e. The van der Waals surface area contributed by atoms with E-state index in [1.54, 1.807) is 0 Å². The van der Waals surface area contributed by atoms with E-state index in [0.717, 1.165) is 35.4 Å². The summed E-state index contributed by atoms with van der Waals surface area (Å²) in [4.78, 5) is 18.1. The van der Waals surface area contributed by atoms with E-state index in [2.05, 4.69) is 21.3 Å². The molecule has 1 fully saturated rings. The number of rotatable bonds is 3. The smallest absolute Gasteiger partial charge is 0.272 e. The number of para-hydroxylation sites is 3. The van der Waals surface area contributed by atoms with Gasteiger partial charge in [-0.25, -0.2) is 0 Å². The fourth-order valence-electron chi connectivity index (χ4n) is 3.20. The van der Waals surface area contributed by atoms with Crippen LogP contribution in [0.15, 0.2) is 54.6 Å². The van der Waals surface area contributed by atoms with Crippen LogP contribution in [-0.2, 0) is 0 Å². The van der Waals surface area contributed by atoms with E-state index in [0.29, 0.717) is 5.69 Å². The zero-order chi connectivity index (χ0) is 15.6. The molecule has 4 heteroatoms. The zero-order valence-corrected chi connectivity index (χ0v) is 12.9. The fraction of sp³-hybridized carbons (Fsp3) is 0.211. The van der Waals surface area contributed by atoms with Gasteiger partial charge in [0, 0.05) is 24.0 Å². The number of aromatic nitrogens is 1. The molecule has 0 aliphatic carbocycles. The predicted octanol–water partition coefficient (Wildman–Crippen LogP) is 4.02. The van der Waals surface area contributed by atoms with Crippen molar-refractivity contribution in [1.29, 1.82) is 0 Å². The van der Waals surface area contributed by atoms with Crippen molar-refractivity contribution in [1.82, 2.24) is 4.98 Å². The van der Waals surface area contributed by atoms with Gasteiger partial charge in [0.2, 0.25) is 0 Å². The number of nitrogens with one attached hydrogen (secondary N) is 2. The highest BCUT2D eigenvalue weighted by molar-refractivity contribution is 6.07. The molecule has 1 aromatic heterocycles. The first kappa shape index (κ1) is 13.9. The maximum atomic E-state index is 12.6. The number of carbonyl (C=O) groups excluding carboxylic acids is 1. The van der Waals surface area contributed by atoms with Gasteiger partial charge in [-0.15, -0.1) is 0 Å². The van der Waals surface area contributed by atoms with Crippen molar-refractivity contribution >= 4 is 28.2 Å². The summed E-state index contributed by atoms with van der Waals surface area (Å²) in [6.45, 7) is 2.11. The number of amides is 1. The monoisotopic (exact) mass is 305 g/mol. The Kier molecular flexibility index (Phi) is 3.50. The molecule has 116 valence electrons. The highest BCUT2D eigenvalue weighted by Gasteiger charge is 2.17. The van der Waals surface area contributed by atoms with Crippen LogP contribution < -0.4 is 10.2 Å². The largest absolute Gasteiger partial charge is 0.370 e. The fourth-order valence-corrected chi connectivity index (χ4v) is 3.20. The van der Waals surface area contributed by atoms with Gasteiger partial charge in [-0.1, -0.05) is 30.3 Å². The van der Waals surface area contributed by atoms with Gasteiger partial charge >= 0.3 is 0 Å². The summed E-state index contributed by atoms with van der Waals surface area (Å²) in [6.07, 6.45) is 2.43. The van der Waals surface area contributed by atoms with Crippen LogP contribution >= 0.6 is 0 Å². The van der Waals surface area contributed by atoms with Crippen LogP contribution in [0.2, 0.25) is 0 Å². The summed E-state index contributed by atoms with van der Waals surface area (Å²) in [7, 11) is 0. The molecule has 1 aliphatic heterocycles. The van der Waals surface area contributed by atoms with Crippen molar-refractivity contribution in [3.63, 3.8) is 0 Å². The van der Waals surface area contributed by atoms with E-state index in [4.69, 9.17) is 0 Å². The summed E-state index contributed by atoms with van der Waals surface area (Å²) >= 11 is 0. The van der Waals surface area contributed by atoms with Gasteiger partial charge in [0.25, 0.3) is 5.91 Å². The summed E-state index contributed by atoms with van der Waals surface area (Å²) in [5.41, 5.74) is 3.54. The molecule has 3 aromatic rings. The number of hydrogen-bond donors (Lipinski definition) is 2. The Bertz CT molecular complexity index is 813. The number of fused-ring (bicyclic) bond motifs is 1. The van der Waals surface area contributed by atoms with Gasteiger partial charge in [-0.3, -0.25) is 4.79 Å². The quantitative estimate of drug-likeness (QED) is 0.768. The topological polar surface area (TPSA) is 48.1 Å². The number of aromatic amines is 1. The minimum absolute atomic E-state index is 0.104. The molecule has 1 aliphatic rings. The van der Waals surface area contributed by atoms with E-state index in [-0.39, 0.29) is 5.91 Å². The molecule has 4 rings (SSSR count). The standard InChI is InChI=1S/C19H19N3O/c23-19(17-13-14-7-1-2-8-15(14)20-17)21-16-9-3-4-10-18(16)22-11-5-6-12-22/h1-4,7-10,13,20H,5-6,11-12H2,(H,21,23). The summed E-state index contributed by atoms with van der Waals surface area (Å²) in [5, 5.41) is 4.10. The van der Waals surface area contributed by atoms with Crippen LogP contribution in [0.3, 0.4) is 0 Å². The average molecular weight is 305 g/mol. The van der Waals surface area contributed by atoms with Gasteiger partial charge in [0.1, 0.15) is 5.69 Å². The summed E-state index contributed by atoms with van der Waals surface area (Å²) < 4.78 is 0. The molecule has 0 saturated carbocycles. The van der Waals surface area contributed by atoms with Crippen molar-refractivity contribution in [2.45, 2.75) is 12.8 Å². The van der Waals surface area contributed by atoms with Crippen molar-refractivity contribution in [3.05, 3.63) is 60.3 Å². The molecule has 1 saturated heterocycles. The van der Waals surface area contributed by atoms with Crippen LogP contribution in [0, 0.1) is 0 Å². The molecule has 2 heterocycles. The summed E-state index contributed by atoms with van der Waals surface area (Å²) in [6, 6.07) is 17.8. The molecule has 0 bridgehead atoms. The normalized spacial score (nSPS) is 14.3. The third-order valence-corrected chi connectivity index (χ3v) is 4.37. The average Bonchev–Trinajstić information content (AvgIpc) is 3.25. The molecule has 23 heavy (non-hydrogen) atoms. The molecule has 2 N–H and O–H groups in total. The highest BCUT2D eigenvalue weighted by Crippen LogP contribution is 2.29. The maximum absolute atomic E-state index is 12.6. The van der Waals surface area contributed by atoms with Gasteiger partial charge in [0.05, 0.1) is 11.4 Å². The SMILES string of the molecule is O=C(Nc1ccccc1N1CCCC1)c1cc2ccccc2[nH]1. The van der Waals surface area contributed by atoms with Crippen LogP contribution in [0.5, 0.6) is 0 Å². The third kappa shape index (κ3) is 2.68. The Labute approximate surface area is 135 Å². The van der Waals surface area contributed by atoms with Crippen molar-refractivity contribution in [3.8, 4) is 0 Å². The lowest BCUT2D eigenvalue weighted by atomic mass is 10.2. The lowest BCUT2D eigenvalue weighted by Crippen LogP contribution is -2.21. The van der Waals surface area contributed by atoms with Crippen LogP contribution in [0.25, 0.3) is 10.9 Å².